The fourth-order valence-electron chi connectivity index (χ4n) is 1.90. The number of hydrogen-bond donors (Lipinski definition) is 1. The van der Waals surface area contributed by atoms with Crippen molar-refractivity contribution in [1.29, 1.82) is 0 Å². The Morgan fingerprint density at radius 3 is 2.40 bits per heavy atom. The number of benzene rings is 1. The van der Waals surface area contributed by atoms with Crippen molar-refractivity contribution in [1.82, 2.24) is 19.7 Å². The minimum Gasteiger partial charge on any atom is -0.383 e. The van der Waals surface area contributed by atoms with Crippen molar-refractivity contribution in [2.75, 3.05) is 5.73 Å². The highest BCUT2D eigenvalue weighted by Gasteiger charge is 2.15. The summed E-state index contributed by atoms with van der Waals surface area (Å²) in [6.07, 6.45) is 1.38. The zero-order valence-electron chi connectivity index (χ0n) is 10.2. The zero-order valence-corrected chi connectivity index (χ0v) is 10.2. The van der Waals surface area contributed by atoms with Gasteiger partial charge in [0, 0.05) is 12.1 Å². The maximum Gasteiger partial charge on any atom is 0.194 e. The van der Waals surface area contributed by atoms with Crippen molar-refractivity contribution in [2.24, 2.45) is 0 Å². The standard InChI is InChI=1S/C12H8F3N5/c1-5-18-11(16)7-4-17-20(12(7)19-5)6-2-8(13)10(15)9(14)3-6/h2-4H,1H3,(H2,16,18,19). The summed E-state index contributed by atoms with van der Waals surface area (Å²) in [6.45, 7) is 1.62. The number of anilines is 1. The van der Waals surface area contributed by atoms with Crippen LogP contribution in [0, 0.1) is 24.4 Å². The molecule has 0 atom stereocenters. The summed E-state index contributed by atoms with van der Waals surface area (Å²) in [6, 6.07) is 1.66. The monoisotopic (exact) mass is 279 g/mol. The molecule has 0 spiro atoms. The van der Waals surface area contributed by atoms with Gasteiger partial charge >= 0.3 is 0 Å². The average Bonchev–Trinajstić information content (AvgIpc) is 2.79. The van der Waals surface area contributed by atoms with Gasteiger partial charge in [-0.05, 0) is 6.92 Å². The molecule has 3 rings (SSSR count). The van der Waals surface area contributed by atoms with E-state index in [-0.39, 0.29) is 11.5 Å². The molecule has 0 aliphatic rings. The first-order valence-corrected chi connectivity index (χ1v) is 5.60. The fourth-order valence-corrected chi connectivity index (χ4v) is 1.90. The molecule has 0 fully saturated rings. The fraction of sp³-hybridized carbons (Fsp3) is 0.0833. The lowest BCUT2D eigenvalue weighted by molar-refractivity contribution is 0.446. The topological polar surface area (TPSA) is 69.6 Å². The van der Waals surface area contributed by atoms with Crippen LogP contribution in [0.5, 0.6) is 0 Å². The van der Waals surface area contributed by atoms with Crippen molar-refractivity contribution < 1.29 is 13.2 Å². The van der Waals surface area contributed by atoms with Crippen LogP contribution in [0.25, 0.3) is 16.7 Å². The number of rotatable bonds is 1. The van der Waals surface area contributed by atoms with Crippen molar-refractivity contribution >= 4 is 16.9 Å². The van der Waals surface area contributed by atoms with Gasteiger partial charge in [-0.25, -0.2) is 27.8 Å². The highest BCUT2D eigenvalue weighted by Crippen LogP contribution is 2.22. The summed E-state index contributed by atoms with van der Waals surface area (Å²) in [7, 11) is 0. The summed E-state index contributed by atoms with van der Waals surface area (Å²) in [4.78, 5) is 8.09. The van der Waals surface area contributed by atoms with Gasteiger partial charge in [-0.15, -0.1) is 0 Å². The molecular weight excluding hydrogens is 271 g/mol. The summed E-state index contributed by atoms with van der Waals surface area (Å²) in [5.74, 6) is -3.54. The Balaban J connectivity index is 2.30. The van der Waals surface area contributed by atoms with Crippen molar-refractivity contribution in [3.05, 3.63) is 41.6 Å². The van der Waals surface area contributed by atoms with Crippen LogP contribution >= 0.6 is 0 Å². The number of hydrogen-bond acceptors (Lipinski definition) is 4. The third-order valence-electron chi connectivity index (χ3n) is 2.78. The molecule has 0 unspecified atom stereocenters. The summed E-state index contributed by atoms with van der Waals surface area (Å²) < 4.78 is 40.7. The Kier molecular flexibility index (Phi) is 2.60. The molecule has 0 saturated carbocycles. The number of halogens is 3. The van der Waals surface area contributed by atoms with Crippen LogP contribution in [0.2, 0.25) is 0 Å². The van der Waals surface area contributed by atoms with Crippen molar-refractivity contribution in [3.8, 4) is 5.69 Å². The lowest BCUT2D eigenvalue weighted by Gasteiger charge is -2.05. The van der Waals surface area contributed by atoms with Crippen LogP contribution < -0.4 is 5.73 Å². The minimum absolute atomic E-state index is 0.00824. The second-order valence-corrected chi connectivity index (χ2v) is 4.17. The maximum absolute atomic E-state index is 13.3. The number of aromatic nitrogens is 4. The third-order valence-corrected chi connectivity index (χ3v) is 2.78. The van der Waals surface area contributed by atoms with Crippen LogP contribution in [0.3, 0.4) is 0 Å². The van der Waals surface area contributed by atoms with Gasteiger partial charge in [-0.2, -0.15) is 5.10 Å². The molecule has 20 heavy (non-hydrogen) atoms. The van der Waals surface area contributed by atoms with Gasteiger partial charge in [0.05, 0.1) is 17.3 Å². The van der Waals surface area contributed by atoms with Gasteiger partial charge in [-0.1, -0.05) is 0 Å². The second kappa shape index (κ2) is 4.19. The molecule has 0 amide bonds. The molecule has 2 heterocycles. The summed E-state index contributed by atoms with van der Waals surface area (Å²) in [5.41, 5.74) is 6.02. The maximum atomic E-state index is 13.3. The van der Waals surface area contributed by atoms with E-state index in [2.05, 4.69) is 15.1 Å². The number of nitrogens with zero attached hydrogens (tertiary/aromatic N) is 4. The van der Waals surface area contributed by atoms with E-state index in [0.29, 0.717) is 16.9 Å². The quantitative estimate of drug-likeness (QED) is 0.693. The van der Waals surface area contributed by atoms with E-state index in [1.807, 2.05) is 0 Å². The lowest BCUT2D eigenvalue weighted by atomic mass is 10.3. The largest absolute Gasteiger partial charge is 0.383 e. The van der Waals surface area contributed by atoms with Crippen LogP contribution in [-0.2, 0) is 0 Å². The predicted octanol–water partition coefficient (Wildman–Crippen LogP) is 2.12. The van der Waals surface area contributed by atoms with Gasteiger partial charge < -0.3 is 5.73 Å². The molecule has 0 saturated heterocycles. The van der Waals surface area contributed by atoms with Gasteiger partial charge in [0.25, 0.3) is 0 Å². The Morgan fingerprint density at radius 1 is 1.10 bits per heavy atom. The predicted molar refractivity (Wildman–Crippen MR) is 65.7 cm³/mol. The molecule has 2 N–H and O–H groups in total. The van der Waals surface area contributed by atoms with Crippen LogP contribution in [-0.4, -0.2) is 19.7 Å². The SMILES string of the molecule is Cc1nc(N)c2cnn(-c3cc(F)c(F)c(F)c3)c2n1. The van der Waals surface area contributed by atoms with E-state index >= 15 is 0 Å². The molecule has 102 valence electrons. The Bertz CT molecular complexity index is 804. The molecule has 0 radical (unpaired) electrons. The van der Waals surface area contributed by atoms with E-state index in [4.69, 9.17) is 5.73 Å². The van der Waals surface area contributed by atoms with Gasteiger partial charge in [0.2, 0.25) is 0 Å². The summed E-state index contributed by atoms with van der Waals surface area (Å²) in [5, 5.41) is 4.40. The molecule has 5 nitrogen and oxygen atoms in total. The Morgan fingerprint density at radius 2 is 1.75 bits per heavy atom. The molecule has 8 heteroatoms. The average molecular weight is 279 g/mol. The number of nitrogens with two attached hydrogens (primary N) is 1. The molecule has 1 aromatic carbocycles. The van der Waals surface area contributed by atoms with Gasteiger partial charge in [0.1, 0.15) is 11.6 Å². The summed E-state index contributed by atoms with van der Waals surface area (Å²) >= 11 is 0. The smallest absolute Gasteiger partial charge is 0.194 e. The van der Waals surface area contributed by atoms with E-state index < -0.39 is 17.5 Å². The van der Waals surface area contributed by atoms with Crippen molar-refractivity contribution in [3.63, 3.8) is 0 Å². The minimum atomic E-state index is -1.53. The molecule has 0 aliphatic carbocycles. The first kappa shape index (κ1) is 12.4. The van der Waals surface area contributed by atoms with Crippen LogP contribution in [0.1, 0.15) is 5.82 Å². The molecule has 2 aromatic heterocycles. The lowest BCUT2D eigenvalue weighted by Crippen LogP contribution is -2.03. The Labute approximate surface area is 110 Å². The van der Waals surface area contributed by atoms with E-state index in [0.717, 1.165) is 12.1 Å². The first-order chi connectivity index (χ1) is 9.47. The van der Waals surface area contributed by atoms with E-state index in [1.165, 1.54) is 10.9 Å². The van der Waals surface area contributed by atoms with Crippen LogP contribution in [0.4, 0.5) is 19.0 Å². The second-order valence-electron chi connectivity index (χ2n) is 4.17. The number of nitrogen functional groups attached to an aromatic ring is 1. The zero-order chi connectivity index (χ0) is 14.4. The van der Waals surface area contributed by atoms with E-state index in [1.54, 1.807) is 6.92 Å². The molecule has 3 aromatic rings. The number of fused-ring (bicyclic) bond motifs is 1. The molecular formula is C12H8F3N5. The first-order valence-electron chi connectivity index (χ1n) is 5.60. The normalized spacial score (nSPS) is 11.2. The third kappa shape index (κ3) is 1.77. The molecule has 0 aliphatic heterocycles. The van der Waals surface area contributed by atoms with E-state index in [9.17, 15) is 13.2 Å². The van der Waals surface area contributed by atoms with Gasteiger partial charge in [-0.3, -0.25) is 0 Å². The van der Waals surface area contributed by atoms with Gasteiger partial charge in [0.15, 0.2) is 23.1 Å². The highest BCUT2D eigenvalue weighted by atomic mass is 19.2. The number of aryl methyl sites for hydroxylation is 1. The molecule has 0 bridgehead atoms. The van der Waals surface area contributed by atoms with Crippen LogP contribution in [0.15, 0.2) is 18.3 Å². The Hall–Kier alpha value is -2.64. The highest BCUT2D eigenvalue weighted by molar-refractivity contribution is 5.86. The van der Waals surface area contributed by atoms with Crippen molar-refractivity contribution in [2.45, 2.75) is 6.92 Å².